The first-order chi connectivity index (χ1) is 18.6. The van der Waals surface area contributed by atoms with E-state index < -0.39 is 0 Å². The molecular formula is C32H45N3O3. The smallest absolute Gasteiger partial charge is 0.163 e. The van der Waals surface area contributed by atoms with Gasteiger partial charge in [0.25, 0.3) is 0 Å². The predicted molar refractivity (Wildman–Crippen MR) is 158 cm³/mol. The molecule has 2 N–H and O–H groups in total. The zero-order valence-corrected chi connectivity index (χ0v) is 23.8. The monoisotopic (exact) mass is 519 g/mol. The van der Waals surface area contributed by atoms with Crippen molar-refractivity contribution in [1.82, 2.24) is 4.98 Å². The van der Waals surface area contributed by atoms with Crippen molar-refractivity contribution in [2.75, 3.05) is 32.3 Å². The molecule has 0 fully saturated rings. The summed E-state index contributed by atoms with van der Waals surface area (Å²) in [6.07, 6.45) is 7.96. The van der Waals surface area contributed by atoms with Crippen LogP contribution < -0.4 is 24.8 Å². The molecule has 206 valence electrons. The van der Waals surface area contributed by atoms with Gasteiger partial charge in [-0.3, -0.25) is 4.98 Å². The van der Waals surface area contributed by atoms with Crippen LogP contribution in [-0.4, -0.2) is 38.4 Å². The summed E-state index contributed by atoms with van der Waals surface area (Å²) < 4.78 is 17.2. The number of benzene rings is 2. The summed E-state index contributed by atoms with van der Waals surface area (Å²) in [5.41, 5.74) is 11.5. The molecule has 38 heavy (non-hydrogen) atoms. The van der Waals surface area contributed by atoms with Crippen molar-refractivity contribution in [2.24, 2.45) is 5.73 Å². The van der Waals surface area contributed by atoms with Crippen molar-refractivity contribution in [2.45, 2.75) is 71.9 Å². The summed E-state index contributed by atoms with van der Waals surface area (Å²) in [7, 11) is 3.38. The Labute approximate surface area is 229 Å². The number of hydrogen-bond acceptors (Lipinski definition) is 6. The van der Waals surface area contributed by atoms with Gasteiger partial charge in [-0.05, 0) is 91.9 Å². The number of nitrogens with zero attached hydrogens (tertiary/aromatic N) is 2. The molecular weight excluding hydrogens is 474 g/mol. The SMILES string of the molecule is CCCCOc1ccc(N(Cc2ccnc(-c3cc(CCC)c(OC)c(OC)c3)c2)C(CC)CCN)cc1. The average molecular weight is 520 g/mol. The summed E-state index contributed by atoms with van der Waals surface area (Å²) in [5.74, 6) is 2.45. The topological polar surface area (TPSA) is 69.8 Å². The Morgan fingerprint density at radius 2 is 1.74 bits per heavy atom. The number of rotatable bonds is 16. The molecule has 0 saturated heterocycles. The lowest BCUT2D eigenvalue weighted by Gasteiger charge is -2.33. The second-order valence-corrected chi connectivity index (χ2v) is 9.63. The molecule has 6 nitrogen and oxygen atoms in total. The maximum absolute atomic E-state index is 6.02. The van der Waals surface area contributed by atoms with E-state index >= 15 is 0 Å². The zero-order chi connectivity index (χ0) is 27.3. The Kier molecular flexibility index (Phi) is 11.7. The summed E-state index contributed by atoms with van der Waals surface area (Å²) >= 11 is 0. The Morgan fingerprint density at radius 3 is 2.37 bits per heavy atom. The number of ether oxygens (including phenoxy) is 3. The molecule has 0 aliphatic rings. The number of anilines is 1. The fourth-order valence-corrected chi connectivity index (χ4v) is 4.85. The van der Waals surface area contributed by atoms with Crippen LogP contribution in [0.4, 0.5) is 5.69 Å². The molecule has 0 radical (unpaired) electrons. The van der Waals surface area contributed by atoms with E-state index in [0.29, 0.717) is 12.6 Å². The minimum Gasteiger partial charge on any atom is -0.494 e. The summed E-state index contributed by atoms with van der Waals surface area (Å²) in [4.78, 5) is 7.18. The minimum absolute atomic E-state index is 0.334. The highest BCUT2D eigenvalue weighted by atomic mass is 16.5. The molecule has 0 aliphatic heterocycles. The fraction of sp³-hybridized carbons (Fsp3) is 0.469. The highest BCUT2D eigenvalue weighted by Gasteiger charge is 2.19. The number of methoxy groups -OCH3 is 2. The molecule has 2 aromatic carbocycles. The molecule has 1 unspecified atom stereocenters. The molecule has 3 aromatic rings. The molecule has 0 spiro atoms. The van der Waals surface area contributed by atoms with Gasteiger partial charge in [0, 0.05) is 30.0 Å². The lowest BCUT2D eigenvalue weighted by molar-refractivity contribution is 0.309. The first kappa shape index (κ1) is 29.3. The summed E-state index contributed by atoms with van der Waals surface area (Å²) in [6, 6.07) is 17.3. The molecule has 0 bridgehead atoms. The molecule has 1 heterocycles. The number of hydrogen-bond donors (Lipinski definition) is 1. The quantitative estimate of drug-likeness (QED) is 0.205. The van der Waals surface area contributed by atoms with Crippen LogP contribution in [0.3, 0.4) is 0 Å². The Hall–Kier alpha value is -3.25. The van der Waals surface area contributed by atoms with Gasteiger partial charge in [0.05, 0.1) is 26.5 Å². The number of pyridine rings is 1. The van der Waals surface area contributed by atoms with Crippen LogP contribution in [0.15, 0.2) is 54.7 Å². The van der Waals surface area contributed by atoms with Gasteiger partial charge in [0.1, 0.15) is 5.75 Å². The molecule has 0 amide bonds. The van der Waals surface area contributed by atoms with E-state index in [-0.39, 0.29) is 0 Å². The standard InChI is InChI=1S/C32H45N3O3/c1-6-9-19-38-29-13-11-28(12-14-29)35(27(8-3)15-17-33)23-24-16-18-34-30(20-24)26-21-25(10-7-2)32(37-5)31(22-26)36-4/h11-14,16,18,20-22,27H,6-10,15,17,19,23,33H2,1-5H3. The van der Waals surface area contributed by atoms with Crippen molar-refractivity contribution < 1.29 is 14.2 Å². The number of aromatic nitrogens is 1. The van der Waals surface area contributed by atoms with Crippen LogP contribution in [0.25, 0.3) is 11.3 Å². The number of aryl methyl sites for hydroxylation is 1. The van der Waals surface area contributed by atoms with Crippen molar-refractivity contribution in [3.8, 4) is 28.5 Å². The van der Waals surface area contributed by atoms with E-state index in [1.54, 1.807) is 14.2 Å². The van der Waals surface area contributed by atoms with Gasteiger partial charge in [-0.15, -0.1) is 0 Å². The van der Waals surface area contributed by atoms with Crippen LogP contribution in [0.5, 0.6) is 17.2 Å². The maximum Gasteiger partial charge on any atom is 0.163 e. The van der Waals surface area contributed by atoms with Crippen LogP contribution in [-0.2, 0) is 13.0 Å². The normalized spacial score (nSPS) is 11.7. The van der Waals surface area contributed by atoms with Crippen molar-refractivity contribution in [3.05, 3.63) is 65.9 Å². The van der Waals surface area contributed by atoms with E-state index in [0.717, 1.165) is 85.7 Å². The van der Waals surface area contributed by atoms with Gasteiger partial charge in [-0.25, -0.2) is 0 Å². The van der Waals surface area contributed by atoms with Gasteiger partial charge in [0.15, 0.2) is 11.5 Å². The third kappa shape index (κ3) is 7.64. The van der Waals surface area contributed by atoms with E-state index in [1.807, 2.05) is 12.3 Å². The van der Waals surface area contributed by atoms with Crippen molar-refractivity contribution in [3.63, 3.8) is 0 Å². The van der Waals surface area contributed by atoms with Crippen LogP contribution in [0, 0.1) is 0 Å². The van der Waals surface area contributed by atoms with E-state index in [1.165, 1.54) is 11.3 Å². The van der Waals surface area contributed by atoms with Crippen molar-refractivity contribution >= 4 is 5.69 Å². The second kappa shape index (κ2) is 15.2. The van der Waals surface area contributed by atoms with Crippen molar-refractivity contribution in [1.29, 1.82) is 0 Å². The largest absolute Gasteiger partial charge is 0.494 e. The molecule has 6 heteroatoms. The third-order valence-electron chi connectivity index (χ3n) is 6.90. The maximum atomic E-state index is 6.02. The zero-order valence-electron chi connectivity index (χ0n) is 23.8. The number of nitrogens with two attached hydrogens (primary N) is 1. The Balaban J connectivity index is 1.92. The van der Waals surface area contributed by atoms with Crippen LogP contribution in [0.2, 0.25) is 0 Å². The van der Waals surface area contributed by atoms with Crippen LogP contribution >= 0.6 is 0 Å². The molecule has 0 saturated carbocycles. The first-order valence-electron chi connectivity index (χ1n) is 14.0. The van der Waals surface area contributed by atoms with Gasteiger partial charge < -0.3 is 24.8 Å². The summed E-state index contributed by atoms with van der Waals surface area (Å²) in [6.45, 7) is 8.74. The molecule has 3 rings (SSSR count). The highest BCUT2D eigenvalue weighted by Crippen LogP contribution is 2.37. The minimum atomic E-state index is 0.334. The van der Waals surface area contributed by atoms with E-state index in [9.17, 15) is 0 Å². The Morgan fingerprint density at radius 1 is 0.947 bits per heavy atom. The third-order valence-corrected chi connectivity index (χ3v) is 6.90. The van der Waals surface area contributed by atoms with Gasteiger partial charge in [-0.2, -0.15) is 0 Å². The predicted octanol–water partition coefficient (Wildman–Crippen LogP) is 7.03. The molecule has 1 aromatic heterocycles. The Bertz CT molecular complexity index is 1120. The fourth-order valence-electron chi connectivity index (χ4n) is 4.85. The van der Waals surface area contributed by atoms with E-state index in [4.69, 9.17) is 24.9 Å². The first-order valence-corrected chi connectivity index (χ1v) is 14.0. The van der Waals surface area contributed by atoms with Gasteiger partial charge >= 0.3 is 0 Å². The number of unbranched alkanes of at least 4 members (excludes halogenated alkanes) is 1. The van der Waals surface area contributed by atoms with Gasteiger partial charge in [-0.1, -0.05) is 33.6 Å². The summed E-state index contributed by atoms with van der Waals surface area (Å²) in [5, 5.41) is 0. The van der Waals surface area contributed by atoms with E-state index in [2.05, 4.69) is 68.1 Å². The molecule has 0 aliphatic carbocycles. The highest BCUT2D eigenvalue weighted by molar-refractivity contribution is 5.67. The van der Waals surface area contributed by atoms with Crippen LogP contribution in [0.1, 0.15) is 64.0 Å². The lowest BCUT2D eigenvalue weighted by atomic mass is 10.0. The average Bonchev–Trinajstić information content (AvgIpc) is 2.95. The lowest BCUT2D eigenvalue weighted by Crippen LogP contribution is -2.36. The van der Waals surface area contributed by atoms with Gasteiger partial charge in [0.2, 0.25) is 0 Å². The second-order valence-electron chi connectivity index (χ2n) is 9.63. The molecule has 1 atom stereocenters.